The number of methoxy groups -OCH3 is 1. The third-order valence-corrected chi connectivity index (χ3v) is 4.31. The minimum absolute atomic E-state index is 0.000222. The van der Waals surface area contributed by atoms with Gasteiger partial charge in [-0.3, -0.25) is 14.9 Å². The average Bonchev–Trinajstić information content (AvgIpc) is 2.92. The standard InChI is InChI=1S/C16H18N4O5/c1-10-15-12(9-14(21)24-2)17-18-19(15)7-8-25-16(10)11-5-3-4-6-13(11)20(22)23/h3-6,10,16H,7-9H2,1-2H3/t10-,16+/m0/s1. The van der Waals surface area contributed by atoms with Crippen molar-refractivity contribution in [2.24, 2.45) is 0 Å². The molecule has 9 nitrogen and oxygen atoms in total. The molecular weight excluding hydrogens is 328 g/mol. The number of hydrogen-bond donors (Lipinski definition) is 0. The largest absolute Gasteiger partial charge is 0.469 e. The summed E-state index contributed by atoms with van der Waals surface area (Å²) in [4.78, 5) is 22.6. The molecule has 0 saturated carbocycles. The summed E-state index contributed by atoms with van der Waals surface area (Å²) in [5.41, 5.74) is 1.76. The Morgan fingerprint density at radius 3 is 2.96 bits per heavy atom. The van der Waals surface area contributed by atoms with E-state index in [1.54, 1.807) is 22.9 Å². The number of carbonyl (C=O) groups is 1. The minimum Gasteiger partial charge on any atom is -0.469 e. The Balaban J connectivity index is 2.02. The molecule has 0 fully saturated rings. The molecule has 0 unspecified atom stereocenters. The number of hydrogen-bond acceptors (Lipinski definition) is 7. The Bertz CT molecular complexity index is 804. The molecule has 1 aromatic heterocycles. The van der Waals surface area contributed by atoms with Crippen LogP contribution < -0.4 is 0 Å². The molecule has 0 N–H and O–H groups in total. The third kappa shape index (κ3) is 3.22. The van der Waals surface area contributed by atoms with E-state index in [0.29, 0.717) is 24.4 Å². The van der Waals surface area contributed by atoms with Crippen LogP contribution in [0.3, 0.4) is 0 Å². The first kappa shape index (κ1) is 17.0. The molecule has 2 heterocycles. The van der Waals surface area contributed by atoms with E-state index < -0.39 is 17.0 Å². The van der Waals surface area contributed by atoms with Crippen molar-refractivity contribution in [1.29, 1.82) is 0 Å². The second-order valence-electron chi connectivity index (χ2n) is 5.79. The highest BCUT2D eigenvalue weighted by Gasteiger charge is 2.34. The highest BCUT2D eigenvalue weighted by molar-refractivity contribution is 5.72. The zero-order valence-corrected chi connectivity index (χ0v) is 13.9. The normalized spacial score (nSPS) is 19.8. The zero-order valence-electron chi connectivity index (χ0n) is 13.9. The Kier molecular flexibility index (Phi) is 4.75. The number of benzene rings is 1. The number of nitro benzene ring substituents is 1. The first-order chi connectivity index (χ1) is 12.0. The smallest absolute Gasteiger partial charge is 0.311 e. The van der Waals surface area contributed by atoms with Crippen LogP contribution in [0, 0.1) is 10.1 Å². The van der Waals surface area contributed by atoms with Gasteiger partial charge in [-0.15, -0.1) is 5.10 Å². The monoisotopic (exact) mass is 346 g/mol. The Morgan fingerprint density at radius 1 is 1.48 bits per heavy atom. The second-order valence-corrected chi connectivity index (χ2v) is 5.79. The summed E-state index contributed by atoms with van der Waals surface area (Å²) < 4.78 is 12.3. The summed E-state index contributed by atoms with van der Waals surface area (Å²) in [5, 5.41) is 19.5. The van der Waals surface area contributed by atoms with E-state index in [4.69, 9.17) is 9.47 Å². The van der Waals surface area contributed by atoms with Crippen molar-refractivity contribution in [3.63, 3.8) is 0 Å². The van der Waals surface area contributed by atoms with Crippen LogP contribution in [0.1, 0.15) is 35.9 Å². The van der Waals surface area contributed by atoms with Gasteiger partial charge in [0.05, 0.1) is 54.7 Å². The van der Waals surface area contributed by atoms with Gasteiger partial charge in [0, 0.05) is 12.0 Å². The number of aromatic nitrogens is 3. The first-order valence-electron chi connectivity index (χ1n) is 7.87. The number of esters is 1. The number of rotatable bonds is 4. The van der Waals surface area contributed by atoms with Gasteiger partial charge in [0.25, 0.3) is 5.69 Å². The van der Waals surface area contributed by atoms with Gasteiger partial charge in [-0.25, -0.2) is 4.68 Å². The molecule has 0 saturated heterocycles. The SMILES string of the molecule is COC(=O)Cc1nnn2c1[C@H](C)[C@H](c1ccccc1[N+](=O)[O-])OCC2. The molecule has 0 spiro atoms. The number of fused-ring (bicyclic) bond motifs is 1. The van der Waals surface area contributed by atoms with Crippen molar-refractivity contribution >= 4 is 11.7 Å². The summed E-state index contributed by atoms with van der Waals surface area (Å²) in [5.74, 6) is -0.679. The van der Waals surface area contributed by atoms with Gasteiger partial charge in [-0.1, -0.05) is 24.3 Å². The number of para-hydroxylation sites is 1. The van der Waals surface area contributed by atoms with Gasteiger partial charge in [-0.05, 0) is 6.07 Å². The predicted molar refractivity (Wildman–Crippen MR) is 85.9 cm³/mol. The summed E-state index contributed by atoms with van der Waals surface area (Å²) in [7, 11) is 1.31. The van der Waals surface area contributed by atoms with Crippen molar-refractivity contribution in [3.05, 3.63) is 51.3 Å². The van der Waals surface area contributed by atoms with E-state index in [1.165, 1.54) is 13.2 Å². The van der Waals surface area contributed by atoms with Gasteiger partial charge in [0.2, 0.25) is 0 Å². The fourth-order valence-electron chi connectivity index (χ4n) is 3.16. The molecule has 0 amide bonds. The third-order valence-electron chi connectivity index (χ3n) is 4.31. The van der Waals surface area contributed by atoms with E-state index in [-0.39, 0.29) is 18.0 Å². The summed E-state index contributed by atoms with van der Waals surface area (Å²) in [6, 6.07) is 6.52. The topological polar surface area (TPSA) is 109 Å². The number of nitro groups is 1. The Morgan fingerprint density at radius 2 is 2.24 bits per heavy atom. The lowest BCUT2D eigenvalue weighted by atomic mass is 9.91. The van der Waals surface area contributed by atoms with E-state index in [2.05, 4.69) is 10.3 Å². The molecule has 0 radical (unpaired) electrons. The maximum absolute atomic E-state index is 11.6. The lowest BCUT2D eigenvalue weighted by molar-refractivity contribution is -0.386. The molecule has 2 aromatic rings. The van der Waals surface area contributed by atoms with Crippen LogP contribution in [0.5, 0.6) is 0 Å². The maximum Gasteiger partial charge on any atom is 0.311 e. The summed E-state index contributed by atoms with van der Waals surface area (Å²) >= 11 is 0. The van der Waals surface area contributed by atoms with Crippen LogP contribution in [-0.2, 0) is 27.2 Å². The van der Waals surface area contributed by atoms with Crippen LogP contribution in [0.15, 0.2) is 24.3 Å². The van der Waals surface area contributed by atoms with Gasteiger partial charge in [-0.2, -0.15) is 0 Å². The maximum atomic E-state index is 11.6. The van der Waals surface area contributed by atoms with Crippen molar-refractivity contribution < 1.29 is 19.2 Å². The fraction of sp³-hybridized carbons (Fsp3) is 0.438. The molecule has 9 heteroatoms. The van der Waals surface area contributed by atoms with Gasteiger partial charge < -0.3 is 9.47 Å². The van der Waals surface area contributed by atoms with E-state index in [1.807, 2.05) is 6.92 Å². The zero-order chi connectivity index (χ0) is 18.0. The van der Waals surface area contributed by atoms with Gasteiger partial charge >= 0.3 is 5.97 Å². The molecule has 25 heavy (non-hydrogen) atoms. The van der Waals surface area contributed by atoms with Crippen molar-refractivity contribution in [3.8, 4) is 0 Å². The van der Waals surface area contributed by atoms with Gasteiger partial charge in [0.1, 0.15) is 0 Å². The van der Waals surface area contributed by atoms with E-state index >= 15 is 0 Å². The van der Waals surface area contributed by atoms with Crippen molar-refractivity contribution in [2.75, 3.05) is 13.7 Å². The second kappa shape index (κ2) is 6.98. The molecule has 1 aliphatic heterocycles. The van der Waals surface area contributed by atoms with Crippen LogP contribution in [0.25, 0.3) is 0 Å². The highest BCUT2D eigenvalue weighted by Crippen LogP contribution is 2.40. The molecule has 0 bridgehead atoms. The van der Waals surface area contributed by atoms with Crippen molar-refractivity contribution in [2.45, 2.75) is 31.9 Å². The van der Waals surface area contributed by atoms with Gasteiger partial charge in [0.15, 0.2) is 0 Å². The van der Waals surface area contributed by atoms with E-state index in [0.717, 1.165) is 5.69 Å². The fourth-order valence-corrected chi connectivity index (χ4v) is 3.16. The summed E-state index contributed by atoms with van der Waals surface area (Å²) in [6.07, 6.45) is -0.530. The molecule has 3 rings (SSSR count). The highest BCUT2D eigenvalue weighted by atomic mass is 16.6. The molecule has 0 aliphatic carbocycles. The minimum atomic E-state index is -0.530. The Hall–Kier alpha value is -2.81. The average molecular weight is 346 g/mol. The number of nitrogens with zero attached hydrogens (tertiary/aromatic N) is 4. The lowest BCUT2D eigenvalue weighted by Gasteiger charge is -2.22. The van der Waals surface area contributed by atoms with Crippen LogP contribution >= 0.6 is 0 Å². The number of carbonyl (C=O) groups excluding carboxylic acids is 1. The van der Waals surface area contributed by atoms with Crippen LogP contribution in [-0.4, -0.2) is 39.6 Å². The molecule has 2 atom stereocenters. The predicted octanol–water partition coefficient (Wildman–Crippen LogP) is 1.78. The van der Waals surface area contributed by atoms with Crippen LogP contribution in [0.4, 0.5) is 5.69 Å². The van der Waals surface area contributed by atoms with Crippen LogP contribution in [0.2, 0.25) is 0 Å². The molecule has 1 aliphatic rings. The Labute approximate surface area is 143 Å². The molecule has 1 aromatic carbocycles. The first-order valence-corrected chi connectivity index (χ1v) is 7.87. The van der Waals surface area contributed by atoms with Crippen molar-refractivity contribution in [1.82, 2.24) is 15.0 Å². The van der Waals surface area contributed by atoms with E-state index in [9.17, 15) is 14.9 Å². The quantitative estimate of drug-likeness (QED) is 0.471. The molecular formula is C16H18N4O5. The summed E-state index contributed by atoms with van der Waals surface area (Å²) in [6.45, 7) is 2.70. The lowest BCUT2D eigenvalue weighted by Crippen LogP contribution is -2.15. The molecule has 132 valence electrons. The number of ether oxygens (including phenoxy) is 2.